The number of nitrogens with zero attached hydrogens (tertiary/aromatic N) is 2. The minimum Gasteiger partial charge on any atom is -0.383 e. The lowest BCUT2D eigenvalue weighted by molar-refractivity contribution is -0.121. The van der Waals surface area contributed by atoms with Crippen LogP contribution in [0.25, 0.3) is 0 Å². The molecule has 1 aliphatic rings. The monoisotopic (exact) mass is 438 g/mol. The summed E-state index contributed by atoms with van der Waals surface area (Å²) >= 11 is 6.83. The van der Waals surface area contributed by atoms with Gasteiger partial charge in [-0.15, -0.1) is 11.3 Å². The van der Waals surface area contributed by atoms with E-state index in [2.05, 4.69) is 10.6 Å². The summed E-state index contributed by atoms with van der Waals surface area (Å²) in [5, 5.41) is 5.34. The van der Waals surface area contributed by atoms with Crippen LogP contribution in [0, 0.1) is 0 Å². The van der Waals surface area contributed by atoms with Crippen LogP contribution < -0.4 is 10.6 Å². The summed E-state index contributed by atoms with van der Waals surface area (Å²) in [7, 11) is -2.04. The SMILES string of the molecule is COCCNC(=O)CCNC(=O)N1CCN(S(=O)(=O)c2ccc(Cl)s2)CC1. The van der Waals surface area contributed by atoms with Crippen molar-refractivity contribution in [3.63, 3.8) is 0 Å². The molecule has 0 saturated carbocycles. The number of halogens is 1. The van der Waals surface area contributed by atoms with Crippen LogP contribution >= 0.6 is 22.9 Å². The Morgan fingerprint density at radius 2 is 1.89 bits per heavy atom. The maximum atomic E-state index is 12.5. The maximum absolute atomic E-state index is 12.5. The highest BCUT2D eigenvalue weighted by Crippen LogP contribution is 2.28. The minimum atomic E-state index is -3.58. The van der Waals surface area contributed by atoms with E-state index in [1.807, 2.05) is 0 Å². The molecular formula is C15H23ClN4O5S2. The van der Waals surface area contributed by atoms with E-state index >= 15 is 0 Å². The quantitative estimate of drug-likeness (QED) is 0.577. The zero-order valence-corrected chi connectivity index (χ0v) is 17.3. The van der Waals surface area contributed by atoms with Crippen LogP contribution in [-0.4, -0.2) is 82.5 Å². The first-order chi connectivity index (χ1) is 12.8. The molecule has 0 radical (unpaired) electrons. The molecule has 2 N–H and O–H groups in total. The van der Waals surface area contributed by atoms with E-state index in [0.717, 1.165) is 11.3 Å². The van der Waals surface area contributed by atoms with Crippen LogP contribution in [0.1, 0.15) is 6.42 Å². The lowest BCUT2D eigenvalue weighted by Crippen LogP contribution is -2.53. The Labute approximate surface area is 167 Å². The topological polar surface area (TPSA) is 108 Å². The molecule has 9 nitrogen and oxygen atoms in total. The van der Waals surface area contributed by atoms with Crippen molar-refractivity contribution >= 4 is 44.9 Å². The molecule has 27 heavy (non-hydrogen) atoms. The smallest absolute Gasteiger partial charge is 0.317 e. The number of urea groups is 1. The van der Waals surface area contributed by atoms with Crippen LogP contribution in [0.5, 0.6) is 0 Å². The number of thiophene rings is 1. The molecule has 3 amide bonds. The fourth-order valence-electron chi connectivity index (χ4n) is 2.47. The van der Waals surface area contributed by atoms with E-state index in [4.69, 9.17) is 16.3 Å². The third kappa shape index (κ3) is 6.32. The molecule has 2 heterocycles. The first-order valence-corrected chi connectivity index (χ1v) is 11.0. The van der Waals surface area contributed by atoms with Gasteiger partial charge in [-0.1, -0.05) is 11.6 Å². The van der Waals surface area contributed by atoms with E-state index in [-0.39, 0.29) is 55.3 Å². The maximum Gasteiger partial charge on any atom is 0.317 e. The van der Waals surface area contributed by atoms with Crippen molar-refractivity contribution in [2.45, 2.75) is 10.6 Å². The van der Waals surface area contributed by atoms with Crippen molar-refractivity contribution in [2.24, 2.45) is 0 Å². The molecule has 1 aromatic heterocycles. The van der Waals surface area contributed by atoms with Crippen LogP contribution in [0.15, 0.2) is 16.3 Å². The molecule has 0 atom stereocenters. The Morgan fingerprint density at radius 1 is 1.19 bits per heavy atom. The van der Waals surface area contributed by atoms with Gasteiger partial charge < -0.3 is 20.3 Å². The van der Waals surface area contributed by atoms with Crippen LogP contribution in [0.3, 0.4) is 0 Å². The Kier molecular flexibility index (Phi) is 8.29. The fraction of sp³-hybridized carbons (Fsp3) is 0.600. The van der Waals surface area contributed by atoms with E-state index < -0.39 is 10.0 Å². The Hall–Kier alpha value is -1.40. The van der Waals surface area contributed by atoms with Gasteiger partial charge in [-0.05, 0) is 12.1 Å². The van der Waals surface area contributed by atoms with Gasteiger partial charge >= 0.3 is 6.03 Å². The number of hydrogen-bond acceptors (Lipinski definition) is 6. The number of amides is 3. The second kappa shape index (κ2) is 10.2. The number of carbonyl (C=O) groups is 2. The number of carbonyl (C=O) groups excluding carboxylic acids is 2. The predicted molar refractivity (Wildman–Crippen MR) is 103 cm³/mol. The third-order valence-corrected chi connectivity index (χ3v) is 7.52. The molecule has 1 aromatic rings. The van der Waals surface area contributed by atoms with Gasteiger partial charge in [0.15, 0.2) is 0 Å². The second-order valence-electron chi connectivity index (χ2n) is 5.77. The lowest BCUT2D eigenvalue weighted by Gasteiger charge is -2.33. The van der Waals surface area contributed by atoms with E-state index in [9.17, 15) is 18.0 Å². The highest BCUT2D eigenvalue weighted by Gasteiger charge is 2.31. The zero-order chi connectivity index (χ0) is 19.9. The normalized spacial score (nSPS) is 15.6. The molecule has 1 aliphatic heterocycles. The van der Waals surface area contributed by atoms with E-state index in [1.165, 1.54) is 15.3 Å². The number of rotatable bonds is 8. The van der Waals surface area contributed by atoms with Gasteiger partial charge in [-0.3, -0.25) is 4.79 Å². The summed E-state index contributed by atoms with van der Waals surface area (Å²) in [6.07, 6.45) is 0.170. The van der Waals surface area contributed by atoms with Gasteiger partial charge in [0.25, 0.3) is 10.0 Å². The molecule has 0 unspecified atom stereocenters. The molecule has 1 fully saturated rings. The molecule has 1 saturated heterocycles. The van der Waals surface area contributed by atoms with Gasteiger partial charge in [-0.2, -0.15) is 4.31 Å². The van der Waals surface area contributed by atoms with Crippen molar-refractivity contribution in [2.75, 3.05) is 53.0 Å². The highest BCUT2D eigenvalue weighted by molar-refractivity contribution is 7.91. The molecular weight excluding hydrogens is 416 g/mol. The summed E-state index contributed by atoms with van der Waals surface area (Å²) in [5.74, 6) is -0.169. The number of ether oxygens (including phenoxy) is 1. The predicted octanol–water partition coefficient (Wildman–Crippen LogP) is 0.570. The van der Waals surface area contributed by atoms with Gasteiger partial charge in [0.2, 0.25) is 5.91 Å². The molecule has 0 aliphatic carbocycles. The van der Waals surface area contributed by atoms with Gasteiger partial charge in [0.05, 0.1) is 10.9 Å². The molecule has 152 valence electrons. The second-order valence-corrected chi connectivity index (χ2v) is 9.65. The highest BCUT2D eigenvalue weighted by atomic mass is 35.5. The van der Waals surface area contributed by atoms with Gasteiger partial charge in [0, 0.05) is 52.8 Å². The minimum absolute atomic E-state index is 0.169. The molecule has 0 spiro atoms. The number of hydrogen-bond donors (Lipinski definition) is 2. The average Bonchev–Trinajstić information content (AvgIpc) is 3.09. The van der Waals surface area contributed by atoms with E-state index in [0.29, 0.717) is 17.5 Å². The molecule has 0 bridgehead atoms. The van der Waals surface area contributed by atoms with Crippen LogP contribution in [-0.2, 0) is 19.6 Å². The van der Waals surface area contributed by atoms with Crippen molar-refractivity contribution in [3.05, 3.63) is 16.5 Å². The summed E-state index contributed by atoms with van der Waals surface area (Å²) < 4.78 is 31.9. The first-order valence-electron chi connectivity index (χ1n) is 8.38. The summed E-state index contributed by atoms with van der Waals surface area (Å²) in [4.78, 5) is 25.2. The van der Waals surface area contributed by atoms with Gasteiger partial charge in [-0.25, -0.2) is 13.2 Å². The molecule has 0 aromatic carbocycles. The summed E-state index contributed by atoms with van der Waals surface area (Å²) in [6, 6.07) is 2.73. The molecule has 2 rings (SSSR count). The van der Waals surface area contributed by atoms with Gasteiger partial charge in [0.1, 0.15) is 4.21 Å². The number of sulfonamides is 1. The molecule has 12 heteroatoms. The van der Waals surface area contributed by atoms with E-state index in [1.54, 1.807) is 13.2 Å². The average molecular weight is 439 g/mol. The fourth-order valence-corrected chi connectivity index (χ4v) is 5.53. The van der Waals surface area contributed by atoms with Crippen LogP contribution in [0.2, 0.25) is 4.34 Å². The number of methoxy groups -OCH3 is 1. The number of piperazine rings is 1. The summed E-state index contributed by atoms with van der Waals surface area (Å²) in [6.45, 7) is 2.06. The Morgan fingerprint density at radius 3 is 2.48 bits per heavy atom. The van der Waals surface area contributed by atoms with Crippen molar-refractivity contribution in [3.8, 4) is 0 Å². The van der Waals surface area contributed by atoms with Crippen molar-refractivity contribution in [1.82, 2.24) is 19.8 Å². The van der Waals surface area contributed by atoms with Crippen molar-refractivity contribution < 1.29 is 22.7 Å². The lowest BCUT2D eigenvalue weighted by atomic mass is 10.3. The standard InChI is InChI=1S/C15H23ClN4O5S2/c1-25-11-6-17-13(21)4-5-18-15(22)19-7-9-20(10-8-19)27(23,24)14-3-2-12(16)26-14/h2-3H,4-11H2,1H3,(H,17,21)(H,18,22). The largest absolute Gasteiger partial charge is 0.383 e. The third-order valence-electron chi connectivity index (χ3n) is 3.93. The van der Waals surface area contributed by atoms with Crippen molar-refractivity contribution in [1.29, 1.82) is 0 Å². The Balaban J connectivity index is 1.73. The Bertz CT molecular complexity index is 747. The number of nitrogens with one attached hydrogen (secondary N) is 2. The van der Waals surface area contributed by atoms with Crippen LogP contribution in [0.4, 0.5) is 4.79 Å². The first kappa shape index (κ1) is 21.9. The zero-order valence-electron chi connectivity index (χ0n) is 14.9. The summed E-state index contributed by atoms with van der Waals surface area (Å²) in [5.41, 5.74) is 0.